The minimum absolute atomic E-state index is 0.0465. The predicted octanol–water partition coefficient (Wildman–Crippen LogP) is 2.47. The molecule has 2 aliphatic rings. The van der Waals surface area contributed by atoms with E-state index in [1.165, 1.54) is 38.5 Å². The van der Waals surface area contributed by atoms with Crippen LogP contribution in [0.4, 0.5) is 0 Å². The molecule has 4 heteroatoms. The highest BCUT2D eigenvalue weighted by molar-refractivity contribution is 4.93. The summed E-state index contributed by atoms with van der Waals surface area (Å²) in [6, 6.07) is 1.37. The van der Waals surface area contributed by atoms with E-state index in [2.05, 4.69) is 38.3 Å². The fraction of sp³-hybridized carbons (Fsp3) is 1.00. The van der Waals surface area contributed by atoms with Crippen molar-refractivity contribution < 1.29 is 0 Å². The van der Waals surface area contributed by atoms with Crippen LogP contribution in [0, 0.1) is 23.7 Å². The Hall–Kier alpha value is -0.160. The molecule has 2 saturated heterocycles. The van der Waals surface area contributed by atoms with Gasteiger partial charge in [0.15, 0.2) is 0 Å². The maximum Gasteiger partial charge on any atom is 0.0138 e. The highest BCUT2D eigenvalue weighted by Gasteiger charge is 2.33. The molecule has 4 nitrogen and oxygen atoms in total. The molecule has 0 spiro atoms. The lowest BCUT2D eigenvalue weighted by Crippen LogP contribution is -2.41. The molecule has 0 radical (unpaired) electrons. The van der Waals surface area contributed by atoms with E-state index in [0.717, 1.165) is 31.5 Å². The first-order valence-corrected chi connectivity index (χ1v) is 10.2. The molecule has 0 aromatic heterocycles. The van der Waals surface area contributed by atoms with Gasteiger partial charge in [-0.05, 0) is 76.3 Å². The summed E-state index contributed by atoms with van der Waals surface area (Å²) in [4.78, 5) is 0. The molecule has 2 heterocycles. The van der Waals surface area contributed by atoms with E-state index in [0.29, 0.717) is 23.9 Å². The Labute approximate surface area is 149 Å². The maximum absolute atomic E-state index is 6.28. The summed E-state index contributed by atoms with van der Waals surface area (Å²) in [7, 11) is 0. The van der Waals surface area contributed by atoms with E-state index in [1.54, 1.807) is 0 Å². The van der Waals surface area contributed by atoms with Gasteiger partial charge in [0.1, 0.15) is 0 Å². The largest absolute Gasteiger partial charge is 0.330 e. The van der Waals surface area contributed by atoms with Crippen molar-refractivity contribution in [3.05, 3.63) is 0 Å². The molecule has 142 valence electrons. The zero-order chi connectivity index (χ0) is 17.7. The van der Waals surface area contributed by atoms with Gasteiger partial charge in [0.2, 0.25) is 0 Å². The van der Waals surface area contributed by atoms with Crippen LogP contribution in [-0.2, 0) is 0 Å². The smallest absolute Gasteiger partial charge is 0.0138 e. The number of hydrogen-bond acceptors (Lipinski definition) is 4. The van der Waals surface area contributed by atoms with E-state index >= 15 is 0 Å². The Morgan fingerprint density at radius 1 is 0.958 bits per heavy atom. The number of nitrogens with one attached hydrogen (secondary N) is 2. The zero-order valence-corrected chi connectivity index (χ0v) is 16.5. The van der Waals surface area contributed by atoms with Crippen LogP contribution >= 0.6 is 0 Å². The average molecular weight is 339 g/mol. The summed E-state index contributed by atoms with van der Waals surface area (Å²) in [5, 5.41) is 7.35. The second-order valence-corrected chi connectivity index (χ2v) is 9.56. The summed E-state index contributed by atoms with van der Waals surface area (Å²) < 4.78 is 0. The molecule has 6 atom stereocenters. The molecular formula is C20H42N4. The van der Waals surface area contributed by atoms with Gasteiger partial charge in [0.25, 0.3) is 0 Å². The fourth-order valence-corrected chi connectivity index (χ4v) is 4.60. The number of hydrogen-bond donors (Lipinski definition) is 4. The van der Waals surface area contributed by atoms with Gasteiger partial charge in [0, 0.05) is 24.2 Å². The molecule has 0 aliphatic carbocycles. The summed E-state index contributed by atoms with van der Waals surface area (Å²) in [5.41, 5.74) is 12.0. The molecule has 2 fully saturated rings. The van der Waals surface area contributed by atoms with Crippen LogP contribution in [0.3, 0.4) is 0 Å². The van der Waals surface area contributed by atoms with Crippen LogP contribution in [0.15, 0.2) is 0 Å². The zero-order valence-electron chi connectivity index (χ0n) is 16.5. The van der Waals surface area contributed by atoms with Gasteiger partial charge in [-0.2, -0.15) is 0 Å². The monoisotopic (exact) mass is 338 g/mol. The van der Waals surface area contributed by atoms with Crippen LogP contribution in [-0.4, -0.2) is 37.3 Å². The summed E-state index contributed by atoms with van der Waals surface area (Å²) in [6.07, 6.45) is 7.84. The quantitative estimate of drug-likeness (QED) is 0.521. The Morgan fingerprint density at radius 2 is 1.50 bits per heavy atom. The molecule has 24 heavy (non-hydrogen) atoms. The van der Waals surface area contributed by atoms with Crippen molar-refractivity contribution in [2.45, 2.75) is 83.8 Å². The normalized spacial score (nSPS) is 33.8. The van der Waals surface area contributed by atoms with Crippen molar-refractivity contribution in [3.63, 3.8) is 0 Å². The van der Waals surface area contributed by atoms with E-state index in [1.807, 2.05) is 0 Å². The third-order valence-corrected chi connectivity index (χ3v) is 6.45. The lowest BCUT2D eigenvalue weighted by Gasteiger charge is -2.26. The molecule has 0 aromatic carbocycles. The van der Waals surface area contributed by atoms with Crippen molar-refractivity contribution in [1.29, 1.82) is 0 Å². The van der Waals surface area contributed by atoms with Crippen molar-refractivity contribution >= 4 is 0 Å². The predicted molar refractivity (Wildman–Crippen MR) is 104 cm³/mol. The first-order valence-electron chi connectivity index (χ1n) is 10.2. The highest BCUT2D eigenvalue weighted by Crippen LogP contribution is 2.29. The number of nitrogens with two attached hydrogens (primary N) is 2. The van der Waals surface area contributed by atoms with E-state index in [4.69, 9.17) is 11.5 Å². The minimum Gasteiger partial charge on any atom is -0.330 e. The Balaban J connectivity index is 1.60. The molecule has 0 amide bonds. The number of rotatable bonds is 9. The van der Waals surface area contributed by atoms with Gasteiger partial charge in [-0.3, -0.25) is 0 Å². The van der Waals surface area contributed by atoms with Crippen LogP contribution in [0.5, 0.6) is 0 Å². The molecule has 0 saturated carbocycles. The van der Waals surface area contributed by atoms with Gasteiger partial charge in [-0.15, -0.1) is 0 Å². The molecule has 0 aromatic rings. The summed E-state index contributed by atoms with van der Waals surface area (Å²) >= 11 is 0. The van der Waals surface area contributed by atoms with E-state index in [-0.39, 0.29) is 5.54 Å². The van der Waals surface area contributed by atoms with Crippen molar-refractivity contribution in [1.82, 2.24) is 10.6 Å². The summed E-state index contributed by atoms with van der Waals surface area (Å²) in [5.74, 6) is 2.94. The molecule has 2 rings (SSSR count). The lowest BCUT2D eigenvalue weighted by atomic mass is 9.84. The van der Waals surface area contributed by atoms with E-state index < -0.39 is 0 Å². The Morgan fingerprint density at radius 3 is 1.96 bits per heavy atom. The third kappa shape index (κ3) is 6.29. The molecular weight excluding hydrogens is 296 g/mol. The van der Waals surface area contributed by atoms with Gasteiger partial charge in [-0.1, -0.05) is 26.7 Å². The van der Waals surface area contributed by atoms with Gasteiger partial charge in [0.05, 0.1) is 0 Å². The Kier molecular flexibility index (Phi) is 7.54. The van der Waals surface area contributed by atoms with E-state index in [9.17, 15) is 0 Å². The Bertz CT molecular complexity index is 365. The molecule has 6 N–H and O–H groups in total. The van der Waals surface area contributed by atoms with Gasteiger partial charge in [-0.25, -0.2) is 0 Å². The summed E-state index contributed by atoms with van der Waals surface area (Å²) in [6.45, 7) is 12.2. The maximum atomic E-state index is 6.28. The van der Waals surface area contributed by atoms with Gasteiger partial charge >= 0.3 is 0 Å². The first-order chi connectivity index (χ1) is 11.3. The fourth-order valence-electron chi connectivity index (χ4n) is 4.60. The van der Waals surface area contributed by atoms with Crippen LogP contribution in [0.25, 0.3) is 0 Å². The van der Waals surface area contributed by atoms with Crippen LogP contribution in [0.1, 0.15) is 66.2 Å². The van der Waals surface area contributed by atoms with Crippen molar-refractivity contribution in [3.8, 4) is 0 Å². The van der Waals surface area contributed by atoms with Crippen LogP contribution in [0.2, 0.25) is 0 Å². The van der Waals surface area contributed by atoms with Gasteiger partial charge < -0.3 is 22.1 Å². The third-order valence-electron chi connectivity index (χ3n) is 6.45. The second-order valence-electron chi connectivity index (χ2n) is 9.56. The van der Waals surface area contributed by atoms with Crippen LogP contribution < -0.4 is 22.1 Å². The second kappa shape index (κ2) is 8.98. The highest BCUT2D eigenvalue weighted by atomic mass is 15.0. The minimum atomic E-state index is -0.0465. The van der Waals surface area contributed by atoms with Crippen molar-refractivity contribution in [2.24, 2.45) is 35.1 Å². The average Bonchev–Trinajstić information content (AvgIpc) is 3.14. The molecule has 3 unspecified atom stereocenters. The SMILES string of the molecule is CC(CCC(C)C[C@@H]1C[C@@H](CN)CN1)C[C@@H]1CC(C(C)(C)N)CN1. The lowest BCUT2D eigenvalue weighted by molar-refractivity contribution is 0.322. The molecule has 2 aliphatic heterocycles. The molecule has 0 bridgehead atoms. The first kappa shape index (κ1) is 20.2. The van der Waals surface area contributed by atoms with Crippen molar-refractivity contribution in [2.75, 3.05) is 19.6 Å². The topological polar surface area (TPSA) is 76.1 Å². The standard InChI is InChI=1S/C20H42N4/c1-14(7-18-9-16(11-21)12-23-18)5-6-15(2)8-19-10-17(13-24-19)20(3,4)22/h14-19,23-24H,5-13,21-22H2,1-4H3/t14?,15?,16-,17?,18+,19+/m0/s1.